The van der Waals surface area contributed by atoms with Crippen LogP contribution in [0.4, 0.5) is 0 Å². The van der Waals surface area contributed by atoms with Gasteiger partial charge in [-0.1, -0.05) is 12.1 Å². The molecule has 0 unspecified atom stereocenters. The molecule has 0 heterocycles. The Balaban J connectivity index is 2.13. The molecule has 2 aromatic rings. The predicted octanol–water partition coefficient (Wildman–Crippen LogP) is 3.07. The fraction of sp³-hybridized carbons (Fsp3) is 0.300. The van der Waals surface area contributed by atoms with E-state index in [0.29, 0.717) is 11.5 Å². The monoisotopic (exact) mass is 358 g/mol. The van der Waals surface area contributed by atoms with Crippen LogP contribution in [0.1, 0.15) is 11.1 Å². The van der Waals surface area contributed by atoms with Crippen molar-refractivity contribution in [2.45, 2.75) is 13.8 Å². The van der Waals surface area contributed by atoms with Gasteiger partial charge in [-0.05, 0) is 60.4 Å². The molecular weight excluding hydrogens is 336 g/mol. The first kappa shape index (κ1) is 19.3. The third-order valence-corrected chi connectivity index (χ3v) is 3.83. The van der Waals surface area contributed by atoms with Gasteiger partial charge in [-0.25, -0.2) is 9.59 Å². The summed E-state index contributed by atoms with van der Waals surface area (Å²) in [6.45, 7) is 3.58. The molecule has 0 bridgehead atoms. The van der Waals surface area contributed by atoms with Gasteiger partial charge in [0.15, 0.2) is 13.2 Å². The molecule has 26 heavy (non-hydrogen) atoms. The predicted molar refractivity (Wildman–Crippen MR) is 96.4 cm³/mol. The lowest BCUT2D eigenvalue weighted by Gasteiger charge is -2.12. The summed E-state index contributed by atoms with van der Waals surface area (Å²) in [5.41, 5.74) is 3.84. The fourth-order valence-corrected chi connectivity index (χ4v) is 2.37. The number of aryl methyl sites for hydroxylation is 2. The van der Waals surface area contributed by atoms with Crippen molar-refractivity contribution in [2.75, 3.05) is 27.4 Å². The third kappa shape index (κ3) is 4.99. The zero-order valence-corrected chi connectivity index (χ0v) is 15.3. The number of carbonyl (C=O) groups is 2. The van der Waals surface area contributed by atoms with Gasteiger partial charge in [0.2, 0.25) is 0 Å². The summed E-state index contributed by atoms with van der Waals surface area (Å²) in [6.07, 6.45) is 0. The van der Waals surface area contributed by atoms with Crippen LogP contribution < -0.4 is 9.47 Å². The van der Waals surface area contributed by atoms with E-state index < -0.39 is 11.9 Å². The molecule has 0 aliphatic heterocycles. The zero-order chi connectivity index (χ0) is 19.1. The van der Waals surface area contributed by atoms with Gasteiger partial charge in [-0.3, -0.25) is 0 Å². The molecule has 0 spiro atoms. The standard InChI is InChI=1S/C20H22O6/c1-13-9-15(5-7-17(13)25-11-19(21)23-3)16-6-8-18(14(2)10-16)26-12-20(22)24-4/h5-10H,11-12H2,1-4H3. The highest BCUT2D eigenvalue weighted by Gasteiger charge is 2.09. The van der Waals surface area contributed by atoms with Gasteiger partial charge < -0.3 is 18.9 Å². The normalized spacial score (nSPS) is 10.2. The van der Waals surface area contributed by atoms with E-state index in [4.69, 9.17) is 9.47 Å². The van der Waals surface area contributed by atoms with Crippen molar-refractivity contribution in [1.82, 2.24) is 0 Å². The van der Waals surface area contributed by atoms with Gasteiger partial charge in [-0.2, -0.15) is 0 Å². The van der Waals surface area contributed by atoms with Crippen LogP contribution in [0.5, 0.6) is 11.5 Å². The molecule has 0 aromatic heterocycles. The molecule has 0 aliphatic rings. The van der Waals surface area contributed by atoms with E-state index >= 15 is 0 Å². The van der Waals surface area contributed by atoms with Crippen LogP contribution in [0.25, 0.3) is 11.1 Å². The van der Waals surface area contributed by atoms with Crippen molar-refractivity contribution in [3.8, 4) is 22.6 Å². The van der Waals surface area contributed by atoms with E-state index in [-0.39, 0.29) is 13.2 Å². The van der Waals surface area contributed by atoms with Crippen LogP contribution in [0.3, 0.4) is 0 Å². The summed E-state index contributed by atoms with van der Waals surface area (Å²) >= 11 is 0. The average Bonchev–Trinajstić information content (AvgIpc) is 2.65. The Hall–Kier alpha value is -3.02. The Morgan fingerprint density at radius 1 is 0.731 bits per heavy atom. The molecule has 0 atom stereocenters. The molecule has 0 aliphatic carbocycles. The summed E-state index contributed by atoms with van der Waals surface area (Å²) in [6, 6.07) is 11.5. The van der Waals surface area contributed by atoms with Crippen molar-refractivity contribution in [3.05, 3.63) is 47.5 Å². The highest BCUT2D eigenvalue weighted by molar-refractivity contribution is 5.72. The number of hydrogen-bond acceptors (Lipinski definition) is 6. The van der Waals surface area contributed by atoms with Crippen LogP contribution in [-0.2, 0) is 19.1 Å². The summed E-state index contributed by atoms with van der Waals surface area (Å²) in [7, 11) is 2.64. The number of rotatable bonds is 7. The second-order valence-electron chi connectivity index (χ2n) is 5.69. The summed E-state index contributed by atoms with van der Waals surface area (Å²) in [5, 5.41) is 0. The molecule has 2 rings (SSSR count). The molecular formula is C20H22O6. The van der Waals surface area contributed by atoms with Gasteiger partial charge >= 0.3 is 11.9 Å². The number of methoxy groups -OCH3 is 2. The van der Waals surface area contributed by atoms with E-state index in [0.717, 1.165) is 22.3 Å². The number of benzene rings is 2. The summed E-state index contributed by atoms with van der Waals surface area (Å²) in [5.74, 6) is 0.418. The van der Waals surface area contributed by atoms with Gasteiger partial charge in [0, 0.05) is 0 Å². The number of ether oxygens (including phenoxy) is 4. The number of hydrogen-bond donors (Lipinski definition) is 0. The maximum atomic E-state index is 11.2. The lowest BCUT2D eigenvalue weighted by molar-refractivity contribution is -0.143. The molecule has 6 nitrogen and oxygen atoms in total. The second kappa shape index (κ2) is 8.89. The Morgan fingerprint density at radius 2 is 1.12 bits per heavy atom. The lowest BCUT2D eigenvalue weighted by atomic mass is 10.0. The smallest absolute Gasteiger partial charge is 0.343 e. The highest BCUT2D eigenvalue weighted by Crippen LogP contribution is 2.29. The molecule has 0 radical (unpaired) electrons. The van der Waals surface area contributed by atoms with E-state index in [1.165, 1.54) is 14.2 Å². The van der Waals surface area contributed by atoms with Crippen LogP contribution in [0.15, 0.2) is 36.4 Å². The Morgan fingerprint density at radius 3 is 1.42 bits per heavy atom. The first-order chi connectivity index (χ1) is 12.4. The SMILES string of the molecule is COC(=O)COc1ccc(-c2ccc(OCC(=O)OC)c(C)c2)cc1C. The fourth-order valence-electron chi connectivity index (χ4n) is 2.37. The van der Waals surface area contributed by atoms with Crippen LogP contribution in [0, 0.1) is 13.8 Å². The van der Waals surface area contributed by atoms with E-state index in [1.807, 2.05) is 50.2 Å². The van der Waals surface area contributed by atoms with E-state index in [9.17, 15) is 9.59 Å². The molecule has 6 heteroatoms. The zero-order valence-electron chi connectivity index (χ0n) is 15.3. The van der Waals surface area contributed by atoms with Crippen molar-refractivity contribution < 1.29 is 28.5 Å². The average molecular weight is 358 g/mol. The first-order valence-electron chi connectivity index (χ1n) is 8.05. The van der Waals surface area contributed by atoms with Crippen LogP contribution in [0.2, 0.25) is 0 Å². The molecule has 0 fully saturated rings. The van der Waals surface area contributed by atoms with Gasteiger partial charge in [0.05, 0.1) is 14.2 Å². The minimum atomic E-state index is -0.424. The maximum Gasteiger partial charge on any atom is 0.343 e. The third-order valence-electron chi connectivity index (χ3n) is 3.83. The van der Waals surface area contributed by atoms with Gasteiger partial charge in [-0.15, -0.1) is 0 Å². The molecule has 0 amide bonds. The van der Waals surface area contributed by atoms with E-state index in [1.54, 1.807) is 0 Å². The second-order valence-corrected chi connectivity index (χ2v) is 5.69. The van der Waals surface area contributed by atoms with Crippen molar-refractivity contribution in [1.29, 1.82) is 0 Å². The Bertz CT molecular complexity index is 729. The minimum Gasteiger partial charge on any atom is -0.482 e. The summed E-state index contributed by atoms with van der Waals surface area (Å²) in [4.78, 5) is 22.4. The molecule has 0 saturated carbocycles. The highest BCUT2D eigenvalue weighted by atomic mass is 16.6. The van der Waals surface area contributed by atoms with Gasteiger partial charge in [0.25, 0.3) is 0 Å². The van der Waals surface area contributed by atoms with Crippen molar-refractivity contribution >= 4 is 11.9 Å². The Kier molecular flexibility index (Phi) is 6.60. The molecule has 138 valence electrons. The topological polar surface area (TPSA) is 71.1 Å². The summed E-state index contributed by atoms with van der Waals surface area (Å²) < 4.78 is 20.0. The molecule has 2 aromatic carbocycles. The largest absolute Gasteiger partial charge is 0.482 e. The van der Waals surface area contributed by atoms with Crippen LogP contribution in [-0.4, -0.2) is 39.4 Å². The molecule has 0 N–H and O–H groups in total. The van der Waals surface area contributed by atoms with Gasteiger partial charge in [0.1, 0.15) is 11.5 Å². The van der Waals surface area contributed by atoms with Crippen molar-refractivity contribution in [2.24, 2.45) is 0 Å². The lowest BCUT2D eigenvalue weighted by Crippen LogP contribution is -2.13. The Labute approximate surface area is 152 Å². The minimum absolute atomic E-state index is 0.123. The number of esters is 2. The van der Waals surface area contributed by atoms with Crippen LogP contribution >= 0.6 is 0 Å². The first-order valence-corrected chi connectivity index (χ1v) is 8.05. The van der Waals surface area contributed by atoms with E-state index in [2.05, 4.69) is 9.47 Å². The molecule has 0 saturated heterocycles. The quantitative estimate of drug-likeness (QED) is 0.709. The van der Waals surface area contributed by atoms with Crippen molar-refractivity contribution in [3.63, 3.8) is 0 Å². The maximum absolute atomic E-state index is 11.2. The number of carbonyl (C=O) groups excluding carboxylic acids is 2.